The topological polar surface area (TPSA) is 85.6 Å². The molecular weight excluding hydrogens is 294 g/mol. The normalized spacial score (nSPS) is 10.6. The Balaban J connectivity index is 2.22. The first-order chi connectivity index (χ1) is 10.0. The number of nitrogens with zero attached hydrogens (tertiary/aromatic N) is 3. The molecular formula is C13H15N3O4S. The minimum absolute atomic E-state index is 0.00863. The fraction of sp³-hybridized carbons (Fsp3) is 0.385. The van der Waals surface area contributed by atoms with E-state index in [1.54, 1.807) is 23.5 Å². The van der Waals surface area contributed by atoms with Gasteiger partial charge in [0.05, 0.1) is 22.2 Å². The zero-order valence-corrected chi connectivity index (χ0v) is 12.6. The molecule has 2 aromatic rings. The highest BCUT2D eigenvalue weighted by Crippen LogP contribution is 2.36. The minimum Gasteiger partial charge on any atom is -0.469 e. The average Bonchev–Trinajstić information content (AvgIpc) is 2.93. The van der Waals surface area contributed by atoms with Crippen LogP contribution in [0.4, 0.5) is 11.4 Å². The number of benzene rings is 1. The molecule has 21 heavy (non-hydrogen) atoms. The van der Waals surface area contributed by atoms with Gasteiger partial charge in [-0.15, -0.1) is 11.3 Å². The number of anilines is 1. The van der Waals surface area contributed by atoms with Crippen LogP contribution in [0.5, 0.6) is 0 Å². The summed E-state index contributed by atoms with van der Waals surface area (Å²) in [6.45, 7) is 0.519. The molecule has 1 heterocycles. The molecule has 0 aliphatic heterocycles. The standard InChI is InChI=1S/C13H15N3O4S/c1-15(7-3-4-11(17)20-2)9-5-6-10-12(14-8-21-10)13(9)16(18)19/h5-6,8H,3-4,7H2,1-2H3. The van der Waals surface area contributed by atoms with Gasteiger partial charge in [-0.1, -0.05) is 0 Å². The van der Waals surface area contributed by atoms with Crippen molar-refractivity contribution in [3.8, 4) is 0 Å². The number of hydrogen-bond donors (Lipinski definition) is 0. The molecule has 0 saturated heterocycles. The van der Waals surface area contributed by atoms with Gasteiger partial charge in [0.2, 0.25) is 0 Å². The zero-order chi connectivity index (χ0) is 15.4. The quantitative estimate of drug-likeness (QED) is 0.463. The van der Waals surface area contributed by atoms with Gasteiger partial charge in [-0.3, -0.25) is 14.9 Å². The lowest BCUT2D eigenvalue weighted by atomic mass is 10.2. The SMILES string of the molecule is COC(=O)CCCN(C)c1ccc2scnc2c1[N+](=O)[O-]. The van der Waals surface area contributed by atoms with E-state index in [0.29, 0.717) is 24.2 Å². The van der Waals surface area contributed by atoms with Crippen LogP contribution >= 0.6 is 11.3 Å². The number of ether oxygens (including phenoxy) is 1. The number of nitro benzene ring substituents is 1. The van der Waals surface area contributed by atoms with Gasteiger partial charge >= 0.3 is 11.7 Å². The first kappa shape index (κ1) is 15.2. The van der Waals surface area contributed by atoms with Gasteiger partial charge in [0.1, 0.15) is 5.69 Å². The van der Waals surface area contributed by atoms with Gasteiger partial charge in [0.25, 0.3) is 0 Å². The Morgan fingerprint density at radius 3 is 2.95 bits per heavy atom. The lowest BCUT2D eigenvalue weighted by Crippen LogP contribution is -2.20. The first-order valence-corrected chi connectivity index (χ1v) is 7.21. The fourth-order valence-corrected chi connectivity index (χ4v) is 2.76. The van der Waals surface area contributed by atoms with E-state index >= 15 is 0 Å². The molecule has 112 valence electrons. The Kier molecular flexibility index (Phi) is 4.69. The third kappa shape index (κ3) is 3.27. The predicted molar refractivity (Wildman–Crippen MR) is 80.8 cm³/mol. The summed E-state index contributed by atoms with van der Waals surface area (Å²) < 4.78 is 5.36. The zero-order valence-electron chi connectivity index (χ0n) is 11.7. The van der Waals surface area contributed by atoms with E-state index in [2.05, 4.69) is 9.72 Å². The molecule has 0 atom stereocenters. The third-order valence-electron chi connectivity index (χ3n) is 3.15. The maximum Gasteiger partial charge on any atom is 0.319 e. The highest BCUT2D eigenvalue weighted by molar-refractivity contribution is 7.16. The van der Waals surface area contributed by atoms with E-state index in [0.717, 1.165) is 4.70 Å². The van der Waals surface area contributed by atoms with Crippen molar-refractivity contribution in [1.82, 2.24) is 4.98 Å². The molecule has 0 saturated carbocycles. The van der Waals surface area contributed by atoms with Crippen molar-refractivity contribution in [3.05, 3.63) is 27.8 Å². The molecule has 8 heteroatoms. The lowest BCUT2D eigenvalue weighted by Gasteiger charge is -2.18. The second-order valence-electron chi connectivity index (χ2n) is 4.49. The number of aromatic nitrogens is 1. The summed E-state index contributed by atoms with van der Waals surface area (Å²) in [7, 11) is 3.10. The Morgan fingerprint density at radius 1 is 1.52 bits per heavy atom. The van der Waals surface area contributed by atoms with Crippen molar-refractivity contribution in [1.29, 1.82) is 0 Å². The van der Waals surface area contributed by atoms with Crippen LogP contribution in [0, 0.1) is 10.1 Å². The van der Waals surface area contributed by atoms with Crippen LogP contribution in [-0.2, 0) is 9.53 Å². The number of nitro groups is 1. The van der Waals surface area contributed by atoms with E-state index in [4.69, 9.17) is 0 Å². The Bertz CT molecular complexity index is 670. The average molecular weight is 309 g/mol. The van der Waals surface area contributed by atoms with Crippen LogP contribution in [-0.4, -0.2) is 36.6 Å². The summed E-state index contributed by atoms with van der Waals surface area (Å²) >= 11 is 1.37. The number of hydrogen-bond acceptors (Lipinski definition) is 7. The van der Waals surface area contributed by atoms with Crippen molar-refractivity contribution in [2.75, 3.05) is 25.6 Å². The van der Waals surface area contributed by atoms with Gasteiger partial charge in [-0.2, -0.15) is 0 Å². The Hall–Kier alpha value is -2.22. The van der Waals surface area contributed by atoms with Crippen molar-refractivity contribution in [2.45, 2.75) is 12.8 Å². The van der Waals surface area contributed by atoms with E-state index in [-0.39, 0.29) is 18.1 Å². The van der Waals surface area contributed by atoms with E-state index in [9.17, 15) is 14.9 Å². The molecule has 1 aromatic heterocycles. The van der Waals surface area contributed by atoms with E-state index in [1.807, 2.05) is 6.07 Å². The number of esters is 1. The van der Waals surface area contributed by atoms with Gasteiger partial charge < -0.3 is 9.64 Å². The number of methoxy groups -OCH3 is 1. The summed E-state index contributed by atoms with van der Waals surface area (Å²) in [5, 5.41) is 11.3. The van der Waals surface area contributed by atoms with E-state index in [1.165, 1.54) is 18.4 Å². The molecule has 0 fully saturated rings. The van der Waals surface area contributed by atoms with Crippen LogP contribution in [0.25, 0.3) is 10.2 Å². The van der Waals surface area contributed by atoms with Crippen molar-refractivity contribution in [3.63, 3.8) is 0 Å². The number of thiazole rings is 1. The Labute approximate surface area is 125 Å². The van der Waals surface area contributed by atoms with Crippen molar-refractivity contribution < 1.29 is 14.5 Å². The highest BCUT2D eigenvalue weighted by atomic mass is 32.1. The van der Waals surface area contributed by atoms with Gasteiger partial charge in [-0.05, 0) is 18.6 Å². The maximum absolute atomic E-state index is 11.3. The fourth-order valence-electron chi connectivity index (χ4n) is 2.08. The lowest BCUT2D eigenvalue weighted by molar-refractivity contribution is -0.382. The van der Waals surface area contributed by atoms with Crippen LogP contribution < -0.4 is 4.90 Å². The van der Waals surface area contributed by atoms with Crippen LogP contribution in [0.1, 0.15) is 12.8 Å². The van der Waals surface area contributed by atoms with Crippen molar-refractivity contribution >= 4 is 38.9 Å². The largest absolute Gasteiger partial charge is 0.469 e. The van der Waals surface area contributed by atoms with Gasteiger partial charge in [0, 0.05) is 20.0 Å². The molecule has 2 rings (SSSR count). The Morgan fingerprint density at radius 2 is 2.29 bits per heavy atom. The second kappa shape index (κ2) is 6.49. The first-order valence-electron chi connectivity index (χ1n) is 6.33. The van der Waals surface area contributed by atoms with Crippen molar-refractivity contribution in [2.24, 2.45) is 0 Å². The molecule has 7 nitrogen and oxygen atoms in total. The summed E-state index contributed by atoms with van der Waals surface area (Å²) in [5.74, 6) is -0.284. The van der Waals surface area contributed by atoms with Crippen LogP contribution in [0.2, 0.25) is 0 Å². The van der Waals surface area contributed by atoms with Crippen LogP contribution in [0.15, 0.2) is 17.6 Å². The number of fused-ring (bicyclic) bond motifs is 1. The molecule has 0 bridgehead atoms. The molecule has 0 N–H and O–H groups in total. The van der Waals surface area contributed by atoms with Crippen LogP contribution in [0.3, 0.4) is 0 Å². The summed E-state index contributed by atoms with van der Waals surface area (Å²) in [6.07, 6.45) is 0.850. The van der Waals surface area contributed by atoms with Gasteiger partial charge in [-0.25, -0.2) is 4.98 Å². The monoisotopic (exact) mass is 309 g/mol. The molecule has 0 unspecified atom stereocenters. The maximum atomic E-state index is 11.3. The molecule has 0 amide bonds. The molecule has 0 radical (unpaired) electrons. The summed E-state index contributed by atoms with van der Waals surface area (Å²) in [4.78, 5) is 27.9. The summed E-state index contributed by atoms with van der Waals surface area (Å²) in [5.41, 5.74) is 2.51. The summed E-state index contributed by atoms with van der Waals surface area (Å²) in [6, 6.07) is 3.54. The van der Waals surface area contributed by atoms with Gasteiger partial charge in [0.15, 0.2) is 5.52 Å². The highest BCUT2D eigenvalue weighted by Gasteiger charge is 2.23. The molecule has 1 aromatic carbocycles. The van der Waals surface area contributed by atoms with E-state index < -0.39 is 4.92 Å². The molecule has 0 spiro atoms. The number of carbonyl (C=O) groups excluding carboxylic acids is 1. The predicted octanol–water partition coefficient (Wildman–Crippen LogP) is 2.59. The number of carbonyl (C=O) groups is 1. The molecule has 0 aliphatic carbocycles. The number of rotatable bonds is 6. The smallest absolute Gasteiger partial charge is 0.319 e. The third-order valence-corrected chi connectivity index (χ3v) is 3.94. The molecule has 0 aliphatic rings. The second-order valence-corrected chi connectivity index (χ2v) is 5.38. The minimum atomic E-state index is -0.409.